The summed E-state index contributed by atoms with van der Waals surface area (Å²) in [7, 11) is 1.76. The third kappa shape index (κ3) is 3.43. The van der Waals surface area contributed by atoms with Crippen LogP contribution in [0.5, 0.6) is 5.75 Å². The number of carbonyl (C=O) groups is 3. The molecule has 4 rings (SSSR count). The van der Waals surface area contributed by atoms with Crippen LogP contribution in [0.15, 0.2) is 35.1 Å². The second-order valence-electron chi connectivity index (χ2n) is 6.37. The maximum atomic E-state index is 12.2. The quantitative estimate of drug-likeness (QED) is 0.631. The Labute approximate surface area is 158 Å². The fourth-order valence-corrected chi connectivity index (χ4v) is 3.16. The summed E-state index contributed by atoms with van der Waals surface area (Å²) in [5.74, 6) is -0.996. The number of rotatable bonds is 5. The summed E-state index contributed by atoms with van der Waals surface area (Å²) in [6.07, 6.45) is 3.49. The summed E-state index contributed by atoms with van der Waals surface area (Å²) in [6.45, 7) is -0.217. The van der Waals surface area contributed by atoms with E-state index in [1.54, 1.807) is 29.9 Å². The van der Waals surface area contributed by atoms with Gasteiger partial charge in [0.1, 0.15) is 12.0 Å². The summed E-state index contributed by atoms with van der Waals surface area (Å²) in [6, 6.07) is 5.35. The predicted octanol–water partition coefficient (Wildman–Crippen LogP) is 1.10. The number of aromatic nitrogens is 3. The first kappa shape index (κ1) is 17.7. The standard InChI is InChI=1S/C18H17N5O5/c1-23-13-8-10(28-9-15(25)21-18-19-6-7-27-18)2-3-11(13)16(22-23)12-4-5-14(24)20-17(12)26/h2-3,6-8,12H,4-5,9H2,1H3,(H,19,21,25)(H,20,24,26). The van der Waals surface area contributed by atoms with Gasteiger partial charge >= 0.3 is 6.01 Å². The van der Waals surface area contributed by atoms with Crippen molar-refractivity contribution in [3.8, 4) is 5.75 Å². The van der Waals surface area contributed by atoms with E-state index in [9.17, 15) is 14.4 Å². The van der Waals surface area contributed by atoms with Gasteiger partial charge in [-0.15, -0.1) is 0 Å². The fourth-order valence-electron chi connectivity index (χ4n) is 3.16. The van der Waals surface area contributed by atoms with E-state index in [-0.39, 0.29) is 30.9 Å². The number of nitrogens with zero attached hydrogens (tertiary/aromatic N) is 3. The molecule has 1 aliphatic heterocycles. The zero-order valence-corrected chi connectivity index (χ0v) is 15.0. The molecule has 0 radical (unpaired) electrons. The SMILES string of the molecule is Cn1nc(C2CCC(=O)NC2=O)c2ccc(OCC(=O)Nc3ncco3)cc21. The van der Waals surface area contributed by atoms with Crippen LogP contribution in [0.2, 0.25) is 0 Å². The average Bonchev–Trinajstić information content (AvgIpc) is 3.28. The highest BCUT2D eigenvalue weighted by Gasteiger charge is 2.31. The van der Waals surface area contributed by atoms with Gasteiger partial charge in [-0.25, -0.2) is 4.98 Å². The van der Waals surface area contributed by atoms with Gasteiger partial charge in [0.05, 0.1) is 23.3 Å². The van der Waals surface area contributed by atoms with Crippen LogP contribution < -0.4 is 15.4 Å². The van der Waals surface area contributed by atoms with Gasteiger partial charge in [-0.05, 0) is 18.6 Å². The third-order valence-electron chi connectivity index (χ3n) is 4.47. The Hall–Kier alpha value is -3.69. The number of hydrogen-bond donors (Lipinski definition) is 2. The molecule has 0 spiro atoms. The first-order chi connectivity index (χ1) is 13.5. The second-order valence-corrected chi connectivity index (χ2v) is 6.37. The number of benzene rings is 1. The number of nitrogens with one attached hydrogen (secondary N) is 2. The van der Waals surface area contributed by atoms with Crippen molar-refractivity contribution < 1.29 is 23.5 Å². The van der Waals surface area contributed by atoms with Gasteiger partial charge in [-0.2, -0.15) is 5.10 Å². The van der Waals surface area contributed by atoms with Gasteiger partial charge in [0.2, 0.25) is 11.8 Å². The number of piperidine rings is 1. The van der Waals surface area contributed by atoms with E-state index in [2.05, 4.69) is 20.7 Å². The van der Waals surface area contributed by atoms with E-state index in [0.29, 0.717) is 17.9 Å². The van der Waals surface area contributed by atoms with Crippen LogP contribution in [0.25, 0.3) is 10.9 Å². The number of anilines is 1. The fraction of sp³-hybridized carbons (Fsp3) is 0.278. The normalized spacial score (nSPS) is 16.8. The van der Waals surface area contributed by atoms with Crippen molar-refractivity contribution in [3.63, 3.8) is 0 Å². The monoisotopic (exact) mass is 383 g/mol. The lowest BCUT2D eigenvalue weighted by Gasteiger charge is -2.19. The molecule has 1 aromatic carbocycles. The smallest absolute Gasteiger partial charge is 0.301 e. The van der Waals surface area contributed by atoms with Crippen molar-refractivity contribution in [1.82, 2.24) is 20.1 Å². The highest BCUT2D eigenvalue weighted by molar-refractivity contribution is 6.02. The topological polar surface area (TPSA) is 128 Å². The van der Waals surface area contributed by atoms with E-state index in [0.717, 1.165) is 10.9 Å². The Morgan fingerprint density at radius 3 is 3.04 bits per heavy atom. The van der Waals surface area contributed by atoms with E-state index >= 15 is 0 Å². The van der Waals surface area contributed by atoms with E-state index < -0.39 is 11.8 Å². The van der Waals surface area contributed by atoms with Crippen LogP contribution in [0.4, 0.5) is 6.01 Å². The van der Waals surface area contributed by atoms with E-state index in [4.69, 9.17) is 9.15 Å². The summed E-state index contributed by atoms with van der Waals surface area (Å²) in [5, 5.41) is 10.1. The highest BCUT2D eigenvalue weighted by atomic mass is 16.5. The van der Waals surface area contributed by atoms with Crippen molar-refractivity contribution in [1.29, 1.82) is 0 Å². The van der Waals surface area contributed by atoms with Crippen molar-refractivity contribution in [2.24, 2.45) is 7.05 Å². The summed E-state index contributed by atoms with van der Waals surface area (Å²) >= 11 is 0. The summed E-state index contributed by atoms with van der Waals surface area (Å²) in [5.41, 5.74) is 1.38. The molecule has 1 atom stereocenters. The first-order valence-corrected chi connectivity index (χ1v) is 8.64. The molecule has 10 heteroatoms. The average molecular weight is 383 g/mol. The van der Waals surface area contributed by atoms with E-state index in [1.165, 1.54) is 12.5 Å². The molecule has 1 fully saturated rings. The molecule has 1 saturated heterocycles. The van der Waals surface area contributed by atoms with Gasteiger partial charge in [-0.1, -0.05) is 0 Å². The zero-order chi connectivity index (χ0) is 19.7. The number of carbonyl (C=O) groups excluding carboxylic acids is 3. The van der Waals surface area contributed by atoms with Crippen LogP contribution in [-0.4, -0.2) is 39.1 Å². The minimum atomic E-state index is -0.472. The second kappa shape index (κ2) is 7.14. The minimum Gasteiger partial charge on any atom is -0.484 e. The lowest BCUT2D eigenvalue weighted by molar-refractivity contribution is -0.134. The third-order valence-corrected chi connectivity index (χ3v) is 4.47. The Kier molecular flexibility index (Phi) is 4.52. The van der Waals surface area contributed by atoms with Gasteiger partial charge in [0, 0.05) is 24.9 Å². The number of imide groups is 1. The molecule has 10 nitrogen and oxygen atoms in total. The molecular formula is C18H17N5O5. The molecule has 0 bridgehead atoms. The van der Waals surface area contributed by atoms with E-state index in [1.807, 2.05) is 0 Å². The largest absolute Gasteiger partial charge is 0.484 e. The molecule has 28 heavy (non-hydrogen) atoms. The van der Waals surface area contributed by atoms with Crippen LogP contribution in [0.3, 0.4) is 0 Å². The zero-order valence-electron chi connectivity index (χ0n) is 15.0. The number of oxazole rings is 1. The van der Waals surface area contributed by atoms with Crippen molar-refractivity contribution >= 4 is 34.6 Å². The molecule has 144 valence electrons. The van der Waals surface area contributed by atoms with Crippen molar-refractivity contribution in [2.75, 3.05) is 11.9 Å². The molecule has 3 heterocycles. The van der Waals surface area contributed by atoms with Crippen LogP contribution in [0.1, 0.15) is 24.5 Å². The Morgan fingerprint density at radius 2 is 2.29 bits per heavy atom. The number of aryl methyl sites for hydroxylation is 1. The number of hydrogen-bond acceptors (Lipinski definition) is 7. The molecule has 0 saturated carbocycles. The molecule has 2 N–H and O–H groups in total. The van der Waals surface area contributed by atoms with Gasteiger partial charge in [0.15, 0.2) is 6.61 Å². The maximum Gasteiger partial charge on any atom is 0.301 e. The lowest BCUT2D eigenvalue weighted by atomic mass is 9.93. The summed E-state index contributed by atoms with van der Waals surface area (Å²) < 4.78 is 12.1. The van der Waals surface area contributed by atoms with Crippen molar-refractivity contribution in [2.45, 2.75) is 18.8 Å². The first-order valence-electron chi connectivity index (χ1n) is 8.64. The Morgan fingerprint density at radius 1 is 1.43 bits per heavy atom. The molecule has 1 unspecified atom stereocenters. The maximum absolute atomic E-state index is 12.2. The number of ether oxygens (including phenoxy) is 1. The van der Waals surface area contributed by atoms with Gasteiger partial charge < -0.3 is 9.15 Å². The molecule has 3 aromatic rings. The number of fused-ring (bicyclic) bond motifs is 1. The number of amides is 3. The predicted molar refractivity (Wildman–Crippen MR) is 96.5 cm³/mol. The highest BCUT2D eigenvalue weighted by Crippen LogP contribution is 2.31. The van der Waals surface area contributed by atoms with Crippen LogP contribution in [-0.2, 0) is 21.4 Å². The molecule has 2 aromatic heterocycles. The van der Waals surface area contributed by atoms with Crippen molar-refractivity contribution in [3.05, 3.63) is 36.4 Å². The molecular weight excluding hydrogens is 366 g/mol. The molecule has 0 aliphatic carbocycles. The molecule has 3 amide bonds. The Bertz CT molecular complexity index is 1060. The summed E-state index contributed by atoms with van der Waals surface area (Å²) in [4.78, 5) is 39.2. The van der Waals surface area contributed by atoms with Gasteiger partial charge in [0.25, 0.3) is 5.91 Å². The Balaban J connectivity index is 1.50. The molecule has 1 aliphatic rings. The minimum absolute atomic E-state index is 0.101. The van der Waals surface area contributed by atoms with Gasteiger partial charge in [-0.3, -0.25) is 29.7 Å². The lowest BCUT2D eigenvalue weighted by Crippen LogP contribution is -2.39. The van der Waals surface area contributed by atoms with Crippen LogP contribution >= 0.6 is 0 Å². The van der Waals surface area contributed by atoms with Crippen LogP contribution in [0, 0.1) is 0 Å².